The average Bonchev–Trinajstić information content (AvgIpc) is 2.95. The van der Waals surface area contributed by atoms with Gasteiger partial charge in [0.15, 0.2) is 0 Å². The van der Waals surface area contributed by atoms with E-state index in [4.69, 9.17) is 5.73 Å². The average molecular weight is 285 g/mol. The Kier molecular flexibility index (Phi) is 2.85. The molecule has 2 saturated heterocycles. The molecule has 1 aromatic carbocycles. The highest BCUT2D eigenvalue weighted by atomic mass is 16.1. The summed E-state index contributed by atoms with van der Waals surface area (Å²) in [5, 5.41) is 0.554. The third kappa shape index (κ3) is 2.15. The van der Waals surface area contributed by atoms with E-state index >= 15 is 0 Å². The van der Waals surface area contributed by atoms with Crippen molar-refractivity contribution in [2.24, 2.45) is 0 Å². The SMILES string of the molecule is Nc1ccc2nc(N3CCN4CCCC4C3)[nH]c(=O)c2c1. The van der Waals surface area contributed by atoms with Gasteiger partial charge in [0.2, 0.25) is 5.95 Å². The van der Waals surface area contributed by atoms with Gasteiger partial charge in [0.1, 0.15) is 0 Å². The van der Waals surface area contributed by atoms with Crippen LogP contribution < -0.4 is 16.2 Å². The Labute approximate surface area is 122 Å². The highest BCUT2D eigenvalue weighted by molar-refractivity contribution is 5.81. The maximum absolute atomic E-state index is 12.2. The number of benzene rings is 1. The van der Waals surface area contributed by atoms with Crippen LogP contribution in [0.2, 0.25) is 0 Å². The van der Waals surface area contributed by atoms with Gasteiger partial charge in [-0.1, -0.05) is 0 Å². The van der Waals surface area contributed by atoms with Crippen molar-refractivity contribution in [2.75, 3.05) is 36.8 Å². The number of anilines is 2. The Balaban J connectivity index is 1.70. The van der Waals surface area contributed by atoms with Crippen LogP contribution in [-0.4, -0.2) is 47.1 Å². The van der Waals surface area contributed by atoms with Crippen LogP contribution in [0.5, 0.6) is 0 Å². The molecule has 0 saturated carbocycles. The van der Waals surface area contributed by atoms with Gasteiger partial charge in [0, 0.05) is 31.4 Å². The molecule has 0 radical (unpaired) electrons. The number of nitrogens with zero attached hydrogens (tertiary/aromatic N) is 3. The zero-order chi connectivity index (χ0) is 14.4. The lowest BCUT2D eigenvalue weighted by Crippen LogP contribution is -2.50. The molecule has 0 bridgehead atoms. The van der Waals surface area contributed by atoms with Crippen molar-refractivity contribution in [1.82, 2.24) is 14.9 Å². The van der Waals surface area contributed by atoms with Gasteiger partial charge in [0.25, 0.3) is 5.56 Å². The number of nitrogens with one attached hydrogen (secondary N) is 1. The second kappa shape index (κ2) is 4.73. The lowest BCUT2D eigenvalue weighted by molar-refractivity contribution is 0.229. The monoisotopic (exact) mass is 285 g/mol. The van der Waals surface area contributed by atoms with Gasteiger partial charge in [-0.2, -0.15) is 0 Å². The van der Waals surface area contributed by atoms with E-state index in [1.165, 1.54) is 19.4 Å². The maximum Gasteiger partial charge on any atom is 0.260 e. The summed E-state index contributed by atoms with van der Waals surface area (Å²) in [6.45, 7) is 4.12. The number of fused-ring (bicyclic) bond motifs is 2. The Morgan fingerprint density at radius 2 is 2.19 bits per heavy atom. The van der Waals surface area contributed by atoms with Crippen molar-refractivity contribution in [2.45, 2.75) is 18.9 Å². The minimum absolute atomic E-state index is 0.115. The Bertz CT molecular complexity index is 740. The zero-order valence-electron chi connectivity index (χ0n) is 11.9. The van der Waals surface area contributed by atoms with Crippen LogP contribution in [0.25, 0.3) is 10.9 Å². The first-order valence-electron chi connectivity index (χ1n) is 7.49. The van der Waals surface area contributed by atoms with Gasteiger partial charge in [-0.05, 0) is 37.6 Å². The number of nitrogen functional groups attached to an aromatic ring is 1. The molecule has 6 heteroatoms. The van der Waals surface area contributed by atoms with Crippen LogP contribution in [0.3, 0.4) is 0 Å². The van der Waals surface area contributed by atoms with Crippen LogP contribution >= 0.6 is 0 Å². The summed E-state index contributed by atoms with van der Waals surface area (Å²) in [5.74, 6) is 0.684. The predicted octanol–water partition coefficient (Wildman–Crippen LogP) is 0.790. The number of piperazine rings is 1. The fourth-order valence-corrected chi connectivity index (χ4v) is 3.48. The van der Waals surface area contributed by atoms with E-state index in [0.29, 0.717) is 28.6 Å². The van der Waals surface area contributed by atoms with Crippen molar-refractivity contribution < 1.29 is 0 Å². The fourth-order valence-electron chi connectivity index (χ4n) is 3.48. The molecule has 1 atom stereocenters. The predicted molar refractivity (Wildman–Crippen MR) is 83.6 cm³/mol. The number of rotatable bonds is 1. The van der Waals surface area contributed by atoms with Crippen molar-refractivity contribution >= 4 is 22.5 Å². The third-order valence-electron chi connectivity index (χ3n) is 4.60. The molecular formula is C15H19N5O. The van der Waals surface area contributed by atoms with E-state index in [2.05, 4.69) is 19.8 Å². The normalized spacial score (nSPS) is 22.7. The van der Waals surface area contributed by atoms with Gasteiger partial charge in [-0.3, -0.25) is 14.7 Å². The summed E-state index contributed by atoms with van der Waals surface area (Å²) < 4.78 is 0. The summed E-state index contributed by atoms with van der Waals surface area (Å²) in [4.78, 5) is 24.5. The molecule has 1 aromatic heterocycles. The van der Waals surface area contributed by atoms with E-state index in [1.807, 2.05) is 6.07 Å². The number of aromatic nitrogens is 2. The third-order valence-corrected chi connectivity index (χ3v) is 4.60. The second-order valence-electron chi connectivity index (χ2n) is 5.94. The standard InChI is InChI=1S/C15H19N5O/c16-10-3-4-13-12(8-10)14(21)18-15(17-13)20-7-6-19-5-1-2-11(19)9-20/h3-4,8,11H,1-2,5-7,9,16H2,(H,17,18,21). The van der Waals surface area contributed by atoms with E-state index in [1.54, 1.807) is 12.1 Å². The zero-order valence-corrected chi connectivity index (χ0v) is 11.9. The lowest BCUT2D eigenvalue weighted by Gasteiger charge is -2.37. The van der Waals surface area contributed by atoms with Crippen molar-refractivity contribution in [1.29, 1.82) is 0 Å². The van der Waals surface area contributed by atoms with Crippen LogP contribution in [0, 0.1) is 0 Å². The van der Waals surface area contributed by atoms with E-state index in [-0.39, 0.29) is 5.56 Å². The summed E-state index contributed by atoms with van der Waals surface area (Å²) in [5.41, 5.74) is 6.91. The molecule has 6 nitrogen and oxygen atoms in total. The summed E-state index contributed by atoms with van der Waals surface area (Å²) in [7, 11) is 0. The molecule has 2 aromatic rings. The van der Waals surface area contributed by atoms with Crippen molar-refractivity contribution in [3.8, 4) is 0 Å². The van der Waals surface area contributed by atoms with Gasteiger partial charge in [-0.15, -0.1) is 0 Å². The molecule has 4 rings (SSSR count). The molecule has 0 spiro atoms. The smallest absolute Gasteiger partial charge is 0.260 e. The number of H-pyrrole nitrogens is 1. The molecule has 0 aliphatic carbocycles. The molecule has 1 unspecified atom stereocenters. The molecule has 0 amide bonds. The number of nitrogens with two attached hydrogens (primary N) is 1. The minimum atomic E-state index is -0.115. The first-order chi connectivity index (χ1) is 10.2. The Morgan fingerprint density at radius 1 is 1.29 bits per heavy atom. The highest BCUT2D eigenvalue weighted by Gasteiger charge is 2.31. The van der Waals surface area contributed by atoms with Crippen LogP contribution in [0.4, 0.5) is 11.6 Å². The van der Waals surface area contributed by atoms with Gasteiger partial charge >= 0.3 is 0 Å². The van der Waals surface area contributed by atoms with Crippen LogP contribution in [0.1, 0.15) is 12.8 Å². The summed E-state index contributed by atoms with van der Waals surface area (Å²) in [6.07, 6.45) is 2.52. The molecular weight excluding hydrogens is 266 g/mol. The minimum Gasteiger partial charge on any atom is -0.399 e. The number of hydrogen-bond donors (Lipinski definition) is 2. The Morgan fingerprint density at radius 3 is 3.10 bits per heavy atom. The van der Waals surface area contributed by atoms with E-state index < -0.39 is 0 Å². The van der Waals surface area contributed by atoms with Crippen molar-refractivity contribution in [3.05, 3.63) is 28.6 Å². The van der Waals surface area contributed by atoms with Gasteiger partial charge in [-0.25, -0.2) is 4.98 Å². The molecule has 21 heavy (non-hydrogen) atoms. The fraction of sp³-hybridized carbons (Fsp3) is 0.467. The quantitative estimate of drug-likeness (QED) is 0.757. The summed E-state index contributed by atoms with van der Waals surface area (Å²) >= 11 is 0. The van der Waals surface area contributed by atoms with E-state index in [0.717, 1.165) is 19.6 Å². The van der Waals surface area contributed by atoms with Crippen molar-refractivity contribution in [3.63, 3.8) is 0 Å². The second-order valence-corrected chi connectivity index (χ2v) is 5.94. The Hall–Kier alpha value is -2.08. The molecule has 3 heterocycles. The topological polar surface area (TPSA) is 78.2 Å². The van der Waals surface area contributed by atoms with E-state index in [9.17, 15) is 4.79 Å². The molecule has 110 valence electrons. The highest BCUT2D eigenvalue weighted by Crippen LogP contribution is 2.24. The number of hydrogen-bond acceptors (Lipinski definition) is 5. The number of aromatic amines is 1. The maximum atomic E-state index is 12.2. The molecule has 2 aliphatic rings. The molecule has 2 fully saturated rings. The first-order valence-corrected chi connectivity index (χ1v) is 7.49. The van der Waals surface area contributed by atoms with Gasteiger partial charge < -0.3 is 10.6 Å². The molecule has 2 aliphatic heterocycles. The first kappa shape index (κ1) is 12.6. The van der Waals surface area contributed by atoms with Crippen LogP contribution in [0.15, 0.2) is 23.0 Å². The summed E-state index contributed by atoms with van der Waals surface area (Å²) in [6, 6.07) is 5.88. The largest absolute Gasteiger partial charge is 0.399 e. The van der Waals surface area contributed by atoms with Crippen LogP contribution in [-0.2, 0) is 0 Å². The van der Waals surface area contributed by atoms with Gasteiger partial charge in [0.05, 0.1) is 10.9 Å². The molecule has 3 N–H and O–H groups in total. The lowest BCUT2D eigenvalue weighted by atomic mass is 10.1.